The molecule has 1 atom stereocenters. The second-order valence-corrected chi connectivity index (χ2v) is 4.51. The summed E-state index contributed by atoms with van der Waals surface area (Å²) in [5.41, 5.74) is 1.04. The molecule has 15 heavy (non-hydrogen) atoms. The van der Waals surface area contributed by atoms with Crippen molar-refractivity contribution in [3.8, 4) is 0 Å². The van der Waals surface area contributed by atoms with Gasteiger partial charge in [-0.3, -0.25) is 10.1 Å². The number of rotatable bonds is 5. The van der Waals surface area contributed by atoms with Crippen LogP contribution in [0.1, 0.15) is 6.92 Å². The Morgan fingerprint density at radius 3 is 2.53 bits per heavy atom. The maximum absolute atomic E-state index is 10.4. The predicted molar refractivity (Wildman–Crippen MR) is 64.6 cm³/mol. The standard InChI is InChI=1S/C10H14N2O2S/c1-8(15-2)7-11-9-3-5-10(6-4-9)12(13)14/h3-6,8,11H,7H2,1-2H3. The number of anilines is 1. The van der Waals surface area contributed by atoms with Crippen molar-refractivity contribution in [1.29, 1.82) is 0 Å². The van der Waals surface area contributed by atoms with Gasteiger partial charge in [-0.15, -0.1) is 0 Å². The SMILES string of the molecule is CSC(C)CNc1ccc([N+](=O)[O-])cc1. The molecule has 0 aliphatic carbocycles. The normalized spacial score (nSPS) is 12.1. The number of nitrogens with zero attached hydrogens (tertiary/aromatic N) is 1. The van der Waals surface area contributed by atoms with Crippen LogP contribution in [0.25, 0.3) is 0 Å². The molecule has 0 amide bonds. The van der Waals surface area contributed by atoms with Crippen molar-refractivity contribution in [3.63, 3.8) is 0 Å². The number of hydrogen-bond acceptors (Lipinski definition) is 4. The van der Waals surface area contributed by atoms with Crippen molar-refractivity contribution >= 4 is 23.1 Å². The van der Waals surface area contributed by atoms with Crippen LogP contribution in [0.5, 0.6) is 0 Å². The number of benzene rings is 1. The third kappa shape index (κ3) is 3.79. The van der Waals surface area contributed by atoms with E-state index in [-0.39, 0.29) is 5.69 Å². The summed E-state index contributed by atoms with van der Waals surface area (Å²) in [4.78, 5) is 10.0. The third-order valence-electron chi connectivity index (χ3n) is 2.07. The lowest BCUT2D eigenvalue weighted by atomic mass is 10.3. The average Bonchev–Trinajstić information content (AvgIpc) is 2.26. The summed E-state index contributed by atoms with van der Waals surface area (Å²) in [6.45, 7) is 2.99. The van der Waals surface area contributed by atoms with E-state index in [1.54, 1.807) is 23.9 Å². The van der Waals surface area contributed by atoms with Crippen molar-refractivity contribution < 1.29 is 4.92 Å². The number of thioether (sulfide) groups is 1. The summed E-state index contributed by atoms with van der Waals surface area (Å²) in [5.74, 6) is 0. The molecule has 1 unspecified atom stereocenters. The van der Waals surface area contributed by atoms with Crippen LogP contribution in [-0.4, -0.2) is 23.0 Å². The van der Waals surface area contributed by atoms with Gasteiger partial charge in [-0.2, -0.15) is 11.8 Å². The molecule has 0 spiro atoms. The topological polar surface area (TPSA) is 55.2 Å². The zero-order valence-electron chi connectivity index (χ0n) is 8.77. The Morgan fingerprint density at radius 1 is 1.47 bits per heavy atom. The Hall–Kier alpha value is -1.23. The quantitative estimate of drug-likeness (QED) is 0.619. The maximum Gasteiger partial charge on any atom is 0.269 e. The molecule has 0 heterocycles. The van der Waals surface area contributed by atoms with Gasteiger partial charge in [-0.05, 0) is 18.4 Å². The molecular formula is C10H14N2O2S. The van der Waals surface area contributed by atoms with Crippen LogP contribution in [0.3, 0.4) is 0 Å². The third-order valence-corrected chi connectivity index (χ3v) is 3.05. The van der Waals surface area contributed by atoms with Crippen molar-refractivity contribution in [2.45, 2.75) is 12.2 Å². The minimum absolute atomic E-state index is 0.124. The minimum atomic E-state index is -0.395. The lowest BCUT2D eigenvalue weighted by Crippen LogP contribution is -2.12. The first-order chi connectivity index (χ1) is 7.13. The second kappa shape index (κ2) is 5.60. The number of nitrogens with one attached hydrogen (secondary N) is 1. The minimum Gasteiger partial charge on any atom is -0.384 e. The van der Waals surface area contributed by atoms with E-state index in [1.807, 2.05) is 0 Å². The highest BCUT2D eigenvalue weighted by Crippen LogP contribution is 2.16. The van der Waals surface area contributed by atoms with Crippen molar-refractivity contribution in [3.05, 3.63) is 34.4 Å². The van der Waals surface area contributed by atoms with Gasteiger partial charge in [-0.25, -0.2) is 0 Å². The van der Waals surface area contributed by atoms with Crippen LogP contribution in [-0.2, 0) is 0 Å². The second-order valence-electron chi connectivity index (χ2n) is 3.23. The van der Waals surface area contributed by atoms with E-state index in [0.29, 0.717) is 5.25 Å². The van der Waals surface area contributed by atoms with Gasteiger partial charge in [0.2, 0.25) is 0 Å². The molecule has 1 aromatic rings. The molecule has 1 rings (SSSR count). The molecule has 0 aromatic heterocycles. The Bertz CT molecular complexity index is 327. The summed E-state index contributed by atoms with van der Waals surface area (Å²) in [6.07, 6.45) is 2.06. The molecular weight excluding hydrogens is 212 g/mol. The molecule has 1 N–H and O–H groups in total. The molecule has 4 nitrogen and oxygen atoms in total. The van der Waals surface area contributed by atoms with Crippen LogP contribution in [0.15, 0.2) is 24.3 Å². The smallest absolute Gasteiger partial charge is 0.269 e. The molecule has 0 fully saturated rings. The summed E-state index contributed by atoms with van der Waals surface area (Å²) in [6, 6.07) is 6.47. The van der Waals surface area contributed by atoms with Crippen LogP contribution < -0.4 is 5.32 Å². The highest BCUT2D eigenvalue weighted by Gasteiger charge is 2.04. The van der Waals surface area contributed by atoms with E-state index in [2.05, 4.69) is 18.5 Å². The van der Waals surface area contributed by atoms with Gasteiger partial charge in [0.25, 0.3) is 5.69 Å². The number of nitro benzene ring substituents is 1. The van der Waals surface area contributed by atoms with Crippen LogP contribution in [0, 0.1) is 10.1 Å². The van der Waals surface area contributed by atoms with Gasteiger partial charge in [0, 0.05) is 29.6 Å². The molecule has 1 aromatic carbocycles. The van der Waals surface area contributed by atoms with E-state index in [1.165, 1.54) is 12.1 Å². The van der Waals surface area contributed by atoms with Crippen LogP contribution in [0.2, 0.25) is 0 Å². The zero-order valence-corrected chi connectivity index (χ0v) is 9.58. The Labute approximate surface area is 93.2 Å². The maximum atomic E-state index is 10.4. The number of non-ortho nitro benzene ring substituents is 1. The Morgan fingerprint density at radius 2 is 2.07 bits per heavy atom. The van der Waals surface area contributed by atoms with E-state index < -0.39 is 4.92 Å². The summed E-state index contributed by atoms with van der Waals surface area (Å²) in [5, 5.41) is 14.2. The van der Waals surface area contributed by atoms with E-state index in [0.717, 1.165) is 12.2 Å². The van der Waals surface area contributed by atoms with Crippen molar-refractivity contribution in [1.82, 2.24) is 0 Å². The fourth-order valence-electron chi connectivity index (χ4n) is 1.05. The lowest BCUT2D eigenvalue weighted by molar-refractivity contribution is -0.384. The zero-order chi connectivity index (χ0) is 11.3. The van der Waals surface area contributed by atoms with Crippen LogP contribution in [0.4, 0.5) is 11.4 Å². The van der Waals surface area contributed by atoms with E-state index in [9.17, 15) is 10.1 Å². The lowest BCUT2D eigenvalue weighted by Gasteiger charge is -2.10. The summed E-state index contributed by atoms with van der Waals surface area (Å²) in [7, 11) is 0. The van der Waals surface area contributed by atoms with Crippen LogP contribution >= 0.6 is 11.8 Å². The van der Waals surface area contributed by atoms with Gasteiger partial charge in [0.05, 0.1) is 4.92 Å². The number of hydrogen-bond donors (Lipinski definition) is 1. The highest BCUT2D eigenvalue weighted by molar-refractivity contribution is 7.99. The molecule has 0 saturated carbocycles. The van der Waals surface area contributed by atoms with Gasteiger partial charge in [-0.1, -0.05) is 6.92 Å². The summed E-state index contributed by atoms with van der Waals surface area (Å²) < 4.78 is 0. The first-order valence-corrected chi connectivity index (χ1v) is 5.93. The number of nitro groups is 1. The Kier molecular flexibility index (Phi) is 4.42. The fourth-order valence-corrected chi connectivity index (χ4v) is 1.30. The first-order valence-electron chi connectivity index (χ1n) is 4.64. The molecule has 5 heteroatoms. The molecule has 0 aliphatic heterocycles. The molecule has 0 saturated heterocycles. The fraction of sp³-hybridized carbons (Fsp3) is 0.400. The first kappa shape index (κ1) is 11.8. The van der Waals surface area contributed by atoms with Gasteiger partial charge >= 0.3 is 0 Å². The molecule has 0 aliphatic rings. The van der Waals surface area contributed by atoms with Gasteiger partial charge < -0.3 is 5.32 Å². The molecule has 0 radical (unpaired) electrons. The van der Waals surface area contributed by atoms with E-state index >= 15 is 0 Å². The predicted octanol–water partition coefficient (Wildman–Crippen LogP) is 2.76. The van der Waals surface area contributed by atoms with Crippen molar-refractivity contribution in [2.75, 3.05) is 18.1 Å². The van der Waals surface area contributed by atoms with Gasteiger partial charge in [0.15, 0.2) is 0 Å². The van der Waals surface area contributed by atoms with Crippen molar-refractivity contribution in [2.24, 2.45) is 0 Å². The Balaban J connectivity index is 2.53. The molecule has 0 bridgehead atoms. The monoisotopic (exact) mass is 226 g/mol. The average molecular weight is 226 g/mol. The van der Waals surface area contributed by atoms with E-state index in [4.69, 9.17) is 0 Å². The highest BCUT2D eigenvalue weighted by atomic mass is 32.2. The largest absolute Gasteiger partial charge is 0.384 e. The van der Waals surface area contributed by atoms with Gasteiger partial charge in [0.1, 0.15) is 0 Å². The summed E-state index contributed by atoms with van der Waals surface area (Å²) >= 11 is 1.78. The molecule has 82 valence electrons.